The number of Topliss-reactive ketones (excluding diaryl/α,β-unsaturated/α-hetero) is 1. The topological polar surface area (TPSA) is 20.3 Å². The van der Waals surface area contributed by atoms with Gasteiger partial charge in [-0.2, -0.15) is 0 Å². The van der Waals surface area contributed by atoms with E-state index in [4.69, 9.17) is 0 Å². The Morgan fingerprint density at radius 3 is 2.58 bits per heavy atom. The van der Waals surface area contributed by atoms with Gasteiger partial charge in [-0.1, -0.05) is 36.8 Å². The van der Waals surface area contributed by atoms with E-state index in [0.29, 0.717) is 12.2 Å². The minimum absolute atomic E-state index is 0.278. The summed E-state index contributed by atoms with van der Waals surface area (Å²) >= 11 is 0. The zero-order valence-corrected chi connectivity index (χ0v) is 12.4. The van der Waals surface area contributed by atoms with Gasteiger partial charge < -0.3 is 0 Å². The van der Waals surface area contributed by atoms with Crippen LogP contribution >= 0.6 is 0 Å². The van der Waals surface area contributed by atoms with Gasteiger partial charge in [-0.3, -0.25) is 9.69 Å². The van der Waals surface area contributed by atoms with Crippen molar-refractivity contribution in [3.05, 3.63) is 35.4 Å². The maximum absolute atomic E-state index is 12.7. The van der Waals surface area contributed by atoms with Crippen LogP contribution in [0, 0.1) is 6.92 Å². The summed E-state index contributed by atoms with van der Waals surface area (Å²) in [5.74, 6) is 0.363. The second kappa shape index (κ2) is 5.87. The number of ketones is 1. The summed E-state index contributed by atoms with van der Waals surface area (Å²) in [5, 5.41) is 0. The van der Waals surface area contributed by atoms with Crippen LogP contribution in [0.5, 0.6) is 0 Å². The maximum atomic E-state index is 12.7. The van der Waals surface area contributed by atoms with Gasteiger partial charge in [0.25, 0.3) is 0 Å². The van der Waals surface area contributed by atoms with Crippen molar-refractivity contribution in [2.75, 3.05) is 13.1 Å². The average Bonchev–Trinajstić information content (AvgIpc) is 2.92. The van der Waals surface area contributed by atoms with Crippen molar-refractivity contribution >= 4 is 5.78 Å². The summed E-state index contributed by atoms with van der Waals surface area (Å²) < 4.78 is 0. The molecule has 0 aromatic heterocycles. The molecule has 1 heterocycles. The molecule has 1 aromatic rings. The third kappa shape index (κ3) is 3.06. The summed E-state index contributed by atoms with van der Waals surface area (Å²) in [5.41, 5.74) is 2.09. The monoisotopic (exact) mass is 259 g/mol. The van der Waals surface area contributed by atoms with Crippen LogP contribution in [0.15, 0.2) is 24.3 Å². The Labute approximate surface area is 116 Å². The molecular formula is C17H25NO. The van der Waals surface area contributed by atoms with Crippen LogP contribution in [-0.2, 0) is 11.2 Å². The summed E-state index contributed by atoms with van der Waals surface area (Å²) in [6.45, 7) is 8.48. The Morgan fingerprint density at radius 1 is 1.32 bits per heavy atom. The van der Waals surface area contributed by atoms with Crippen molar-refractivity contribution in [3.8, 4) is 0 Å². The highest BCUT2D eigenvalue weighted by Gasteiger charge is 2.38. The second-order valence-electron chi connectivity index (χ2n) is 5.91. The number of aryl methyl sites for hydroxylation is 1. The first-order chi connectivity index (χ1) is 9.06. The van der Waals surface area contributed by atoms with E-state index in [1.54, 1.807) is 0 Å². The van der Waals surface area contributed by atoms with E-state index < -0.39 is 0 Å². The molecule has 0 aliphatic carbocycles. The first-order valence-electron chi connectivity index (χ1n) is 7.40. The van der Waals surface area contributed by atoms with Gasteiger partial charge in [-0.25, -0.2) is 0 Å². The van der Waals surface area contributed by atoms with Gasteiger partial charge >= 0.3 is 0 Å². The smallest absolute Gasteiger partial charge is 0.157 e. The molecule has 0 N–H and O–H groups in total. The number of rotatable bonds is 5. The van der Waals surface area contributed by atoms with Crippen LogP contribution in [0.25, 0.3) is 0 Å². The summed E-state index contributed by atoms with van der Waals surface area (Å²) in [6, 6.07) is 8.30. The first-order valence-corrected chi connectivity index (χ1v) is 7.40. The number of carbonyl (C=O) groups is 1. The van der Waals surface area contributed by atoms with E-state index in [1.807, 2.05) is 6.07 Å². The zero-order chi connectivity index (χ0) is 13.9. The highest BCUT2D eigenvalue weighted by Crippen LogP contribution is 2.27. The highest BCUT2D eigenvalue weighted by atomic mass is 16.1. The molecule has 0 saturated carbocycles. The quantitative estimate of drug-likeness (QED) is 0.808. The molecule has 0 bridgehead atoms. The summed E-state index contributed by atoms with van der Waals surface area (Å²) in [4.78, 5) is 15.1. The Balaban J connectivity index is 2.12. The molecule has 1 saturated heterocycles. The minimum atomic E-state index is -0.278. The number of nitrogens with zero attached hydrogens (tertiary/aromatic N) is 1. The SMILES string of the molecule is CCC(C)(C(=O)Cc1cccc(C)c1)N1CCCC1. The van der Waals surface area contributed by atoms with Crippen LogP contribution in [0.1, 0.15) is 44.2 Å². The molecular weight excluding hydrogens is 234 g/mol. The van der Waals surface area contributed by atoms with Crippen LogP contribution in [-0.4, -0.2) is 29.3 Å². The highest BCUT2D eigenvalue weighted by molar-refractivity contribution is 5.89. The standard InChI is InChI=1S/C17H25NO/c1-4-17(3,18-10-5-6-11-18)16(19)13-15-9-7-8-14(2)12-15/h7-9,12H,4-6,10-11,13H2,1-3H3. The van der Waals surface area contributed by atoms with Gasteiger partial charge in [0.1, 0.15) is 0 Å². The number of likely N-dealkylation sites (tertiary alicyclic amines) is 1. The van der Waals surface area contributed by atoms with Crippen molar-refractivity contribution in [1.29, 1.82) is 0 Å². The van der Waals surface area contributed by atoms with Crippen LogP contribution in [0.3, 0.4) is 0 Å². The lowest BCUT2D eigenvalue weighted by atomic mass is 9.87. The zero-order valence-electron chi connectivity index (χ0n) is 12.4. The molecule has 2 nitrogen and oxygen atoms in total. The van der Waals surface area contributed by atoms with Gasteiger partial charge in [0.15, 0.2) is 5.78 Å². The van der Waals surface area contributed by atoms with Gasteiger partial charge in [0, 0.05) is 6.42 Å². The average molecular weight is 259 g/mol. The molecule has 2 heteroatoms. The summed E-state index contributed by atoms with van der Waals surface area (Å²) in [7, 11) is 0. The third-order valence-corrected chi connectivity index (χ3v) is 4.54. The van der Waals surface area contributed by atoms with Crippen molar-refractivity contribution in [1.82, 2.24) is 4.90 Å². The number of hydrogen-bond donors (Lipinski definition) is 0. The number of carbonyl (C=O) groups excluding carboxylic acids is 1. The van der Waals surface area contributed by atoms with E-state index in [2.05, 4.69) is 43.9 Å². The maximum Gasteiger partial charge on any atom is 0.157 e. The van der Waals surface area contributed by atoms with Crippen LogP contribution < -0.4 is 0 Å². The summed E-state index contributed by atoms with van der Waals surface area (Å²) in [6.07, 6.45) is 3.92. The molecule has 1 aromatic carbocycles. The number of hydrogen-bond acceptors (Lipinski definition) is 2. The fourth-order valence-corrected chi connectivity index (χ4v) is 3.01. The molecule has 2 rings (SSSR count). The van der Waals surface area contributed by atoms with Gasteiger partial charge in [0.2, 0.25) is 0 Å². The Kier molecular flexibility index (Phi) is 4.41. The molecule has 1 aliphatic rings. The molecule has 0 radical (unpaired) electrons. The molecule has 1 fully saturated rings. The van der Waals surface area contributed by atoms with E-state index in [9.17, 15) is 4.79 Å². The molecule has 19 heavy (non-hydrogen) atoms. The molecule has 0 spiro atoms. The van der Waals surface area contributed by atoms with Crippen molar-refractivity contribution < 1.29 is 4.79 Å². The predicted octanol–water partition coefficient (Wildman–Crippen LogP) is 3.37. The Morgan fingerprint density at radius 2 is 2.00 bits per heavy atom. The lowest BCUT2D eigenvalue weighted by Gasteiger charge is -2.36. The molecule has 1 atom stereocenters. The Bertz CT molecular complexity index is 448. The third-order valence-electron chi connectivity index (χ3n) is 4.54. The Hall–Kier alpha value is -1.15. The largest absolute Gasteiger partial charge is 0.297 e. The van der Waals surface area contributed by atoms with Crippen LogP contribution in [0.4, 0.5) is 0 Å². The van der Waals surface area contributed by atoms with Crippen molar-refractivity contribution in [3.63, 3.8) is 0 Å². The van der Waals surface area contributed by atoms with Gasteiger partial charge in [-0.15, -0.1) is 0 Å². The van der Waals surface area contributed by atoms with Gasteiger partial charge in [-0.05, 0) is 51.8 Å². The van der Waals surface area contributed by atoms with E-state index >= 15 is 0 Å². The van der Waals surface area contributed by atoms with E-state index in [1.165, 1.54) is 18.4 Å². The van der Waals surface area contributed by atoms with Crippen molar-refractivity contribution in [2.45, 2.75) is 52.0 Å². The predicted molar refractivity (Wildman–Crippen MR) is 79.4 cm³/mol. The normalized spacial score (nSPS) is 19.3. The van der Waals surface area contributed by atoms with Crippen molar-refractivity contribution in [2.24, 2.45) is 0 Å². The fraction of sp³-hybridized carbons (Fsp3) is 0.588. The fourth-order valence-electron chi connectivity index (χ4n) is 3.01. The molecule has 104 valence electrons. The molecule has 1 aliphatic heterocycles. The minimum Gasteiger partial charge on any atom is -0.297 e. The molecule has 1 unspecified atom stereocenters. The lowest BCUT2D eigenvalue weighted by Crippen LogP contribution is -2.51. The van der Waals surface area contributed by atoms with Crippen LogP contribution in [0.2, 0.25) is 0 Å². The van der Waals surface area contributed by atoms with E-state index in [-0.39, 0.29) is 5.54 Å². The molecule has 0 amide bonds. The van der Waals surface area contributed by atoms with Gasteiger partial charge in [0.05, 0.1) is 5.54 Å². The first kappa shape index (κ1) is 14.3. The number of benzene rings is 1. The second-order valence-corrected chi connectivity index (χ2v) is 5.91. The van der Waals surface area contributed by atoms with E-state index in [0.717, 1.165) is 25.1 Å². The lowest BCUT2D eigenvalue weighted by molar-refractivity contribution is -0.129.